The van der Waals surface area contributed by atoms with Gasteiger partial charge in [-0.2, -0.15) is 0 Å². The maximum Gasteiger partial charge on any atom is 0.306 e. The predicted octanol–water partition coefficient (Wildman–Crippen LogP) is 10.1. The zero-order valence-electron chi connectivity index (χ0n) is 36.3. The van der Waals surface area contributed by atoms with Crippen LogP contribution in [0.1, 0.15) is 206 Å². The fourth-order valence-electron chi connectivity index (χ4n) is 7.06. The molecule has 0 spiro atoms. The molecule has 1 heterocycles. The largest absolute Gasteiger partial charge is 0.462 e. The molecular formula is C47H86O10. The highest BCUT2D eigenvalue weighted by atomic mass is 16.7. The highest BCUT2D eigenvalue weighted by Gasteiger charge is 2.44. The number of aliphatic hydroxyl groups is 4. The summed E-state index contributed by atoms with van der Waals surface area (Å²) in [6.07, 6.45) is 34.6. The van der Waals surface area contributed by atoms with Gasteiger partial charge in [0.15, 0.2) is 12.4 Å². The number of hydrogen-bond donors (Lipinski definition) is 4. The van der Waals surface area contributed by atoms with Gasteiger partial charge in [-0.25, -0.2) is 0 Å². The minimum absolute atomic E-state index is 0.220. The van der Waals surface area contributed by atoms with E-state index in [1.54, 1.807) is 0 Å². The zero-order valence-corrected chi connectivity index (χ0v) is 36.3. The Balaban J connectivity index is 2.31. The van der Waals surface area contributed by atoms with Crippen molar-refractivity contribution in [2.75, 3.05) is 19.8 Å². The van der Waals surface area contributed by atoms with Crippen LogP contribution in [0.4, 0.5) is 0 Å². The van der Waals surface area contributed by atoms with Crippen molar-refractivity contribution < 1.29 is 49.0 Å². The van der Waals surface area contributed by atoms with Crippen molar-refractivity contribution in [2.24, 2.45) is 0 Å². The molecule has 334 valence electrons. The summed E-state index contributed by atoms with van der Waals surface area (Å²) in [6, 6.07) is 0. The maximum absolute atomic E-state index is 12.8. The van der Waals surface area contributed by atoms with Crippen LogP contribution < -0.4 is 0 Å². The number of unbranched alkanes of at least 4 members (excludes halogenated alkanes) is 24. The van der Waals surface area contributed by atoms with Gasteiger partial charge < -0.3 is 39.4 Å². The highest BCUT2D eigenvalue weighted by Crippen LogP contribution is 2.23. The molecule has 0 saturated carbocycles. The highest BCUT2D eigenvalue weighted by molar-refractivity contribution is 5.70. The van der Waals surface area contributed by atoms with E-state index in [0.717, 1.165) is 64.2 Å². The van der Waals surface area contributed by atoms with E-state index < -0.39 is 49.4 Å². The quantitative estimate of drug-likeness (QED) is 0.0268. The molecule has 0 radical (unpaired) electrons. The van der Waals surface area contributed by atoms with Gasteiger partial charge in [0.2, 0.25) is 0 Å². The Kier molecular flexibility index (Phi) is 35.8. The molecule has 4 N–H and O–H groups in total. The third-order valence-electron chi connectivity index (χ3n) is 10.8. The van der Waals surface area contributed by atoms with Crippen molar-refractivity contribution in [3.05, 3.63) is 24.3 Å². The lowest BCUT2D eigenvalue weighted by molar-refractivity contribution is -0.305. The number of hydrogen-bond acceptors (Lipinski definition) is 10. The van der Waals surface area contributed by atoms with Crippen LogP contribution in [0.25, 0.3) is 0 Å². The van der Waals surface area contributed by atoms with Crippen LogP contribution in [-0.2, 0) is 28.5 Å². The summed E-state index contributed by atoms with van der Waals surface area (Å²) in [7, 11) is 0. The van der Waals surface area contributed by atoms with Crippen LogP contribution >= 0.6 is 0 Å². The van der Waals surface area contributed by atoms with Gasteiger partial charge in [0.05, 0.1) is 13.2 Å². The Hall–Kier alpha value is -1.82. The summed E-state index contributed by atoms with van der Waals surface area (Å²) >= 11 is 0. The molecule has 2 unspecified atom stereocenters. The predicted molar refractivity (Wildman–Crippen MR) is 229 cm³/mol. The van der Waals surface area contributed by atoms with Crippen molar-refractivity contribution >= 4 is 11.9 Å². The Bertz CT molecular complexity index is 985. The molecular weight excluding hydrogens is 725 g/mol. The van der Waals surface area contributed by atoms with Gasteiger partial charge in [-0.05, 0) is 64.2 Å². The number of aliphatic hydroxyl groups excluding tert-OH is 4. The molecule has 1 fully saturated rings. The van der Waals surface area contributed by atoms with Crippen LogP contribution in [0, 0.1) is 0 Å². The van der Waals surface area contributed by atoms with Crippen molar-refractivity contribution in [2.45, 2.75) is 243 Å². The minimum Gasteiger partial charge on any atom is -0.462 e. The Labute approximate surface area is 347 Å². The monoisotopic (exact) mass is 811 g/mol. The van der Waals surface area contributed by atoms with E-state index in [1.165, 1.54) is 109 Å². The lowest BCUT2D eigenvalue weighted by Gasteiger charge is -2.39. The fraction of sp³-hybridized carbons (Fsp3) is 0.872. The van der Waals surface area contributed by atoms with Gasteiger partial charge in [-0.15, -0.1) is 0 Å². The number of ether oxygens (including phenoxy) is 4. The van der Waals surface area contributed by atoms with E-state index in [4.69, 9.17) is 18.9 Å². The van der Waals surface area contributed by atoms with E-state index >= 15 is 0 Å². The normalized spacial score (nSPS) is 20.4. The first kappa shape index (κ1) is 53.2. The van der Waals surface area contributed by atoms with Crippen LogP contribution in [0.15, 0.2) is 24.3 Å². The first-order chi connectivity index (χ1) is 27.8. The van der Waals surface area contributed by atoms with Crippen molar-refractivity contribution in [1.29, 1.82) is 0 Å². The number of rotatable bonds is 39. The molecule has 1 aliphatic heterocycles. The van der Waals surface area contributed by atoms with Crippen molar-refractivity contribution in [1.82, 2.24) is 0 Å². The third kappa shape index (κ3) is 30.0. The van der Waals surface area contributed by atoms with E-state index in [9.17, 15) is 30.0 Å². The van der Waals surface area contributed by atoms with Gasteiger partial charge in [0.25, 0.3) is 0 Å². The van der Waals surface area contributed by atoms with Crippen LogP contribution in [0.3, 0.4) is 0 Å². The van der Waals surface area contributed by atoms with Crippen molar-refractivity contribution in [3.63, 3.8) is 0 Å². The van der Waals surface area contributed by atoms with E-state index in [1.807, 2.05) is 0 Å². The van der Waals surface area contributed by atoms with Crippen LogP contribution in [-0.4, -0.2) is 89.0 Å². The molecule has 57 heavy (non-hydrogen) atoms. The third-order valence-corrected chi connectivity index (χ3v) is 10.8. The molecule has 6 atom stereocenters. The topological polar surface area (TPSA) is 152 Å². The van der Waals surface area contributed by atoms with E-state index in [-0.39, 0.29) is 32.0 Å². The molecule has 1 aliphatic rings. The summed E-state index contributed by atoms with van der Waals surface area (Å²) in [4.78, 5) is 25.3. The first-order valence-corrected chi connectivity index (χ1v) is 23.4. The molecule has 0 aromatic carbocycles. The molecule has 0 amide bonds. The van der Waals surface area contributed by atoms with Gasteiger partial charge >= 0.3 is 11.9 Å². The standard InChI is InChI=1S/C47H86O10/c1-3-5-7-9-11-13-15-17-19-20-22-23-25-27-29-31-33-35-42(49)54-38-40(39-55-47-46(53)45(52)44(51)41(37-48)57-47)56-43(50)36-34-32-30-28-26-24-21-18-16-14-12-10-8-6-4-2/h17-19,21,40-41,44-48,51-53H,3-16,20,22-39H2,1-2H3/b19-17+,21-18+/t40-,41-,44+,45?,46?,47-/m0/s1. The molecule has 0 aliphatic carbocycles. The van der Waals surface area contributed by atoms with Crippen LogP contribution in [0.2, 0.25) is 0 Å². The molecule has 1 rings (SSSR count). The summed E-state index contributed by atoms with van der Waals surface area (Å²) in [5, 5.41) is 40.1. The molecule has 10 heteroatoms. The Morgan fingerprint density at radius 3 is 1.37 bits per heavy atom. The molecule has 0 aromatic rings. The molecule has 0 bridgehead atoms. The van der Waals surface area contributed by atoms with Crippen molar-refractivity contribution in [3.8, 4) is 0 Å². The van der Waals surface area contributed by atoms with Gasteiger partial charge in [-0.1, -0.05) is 154 Å². The lowest BCUT2D eigenvalue weighted by atomic mass is 9.99. The second-order valence-electron chi connectivity index (χ2n) is 16.2. The minimum atomic E-state index is -1.59. The maximum atomic E-state index is 12.8. The van der Waals surface area contributed by atoms with Gasteiger partial charge in [-0.3, -0.25) is 9.59 Å². The Morgan fingerprint density at radius 2 is 0.930 bits per heavy atom. The molecule has 0 aromatic heterocycles. The lowest BCUT2D eigenvalue weighted by Crippen LogP contribution is -2.59. The number of esters is 2. The average Bonchev–Trinajstić information content (AvgIpc) is 3.21. The van der Waals surface area contributed by atoms with E-state index in [0.29, 0.717) is 6.42 Å². The zero-order chi connectivity index (χ0) is 41.6. The summed E-state index contributed by atoms with van der Waals surface area (Å²) in [6.45, 7) is 3.41. The van der Waals surface area contributed by atoms with Gasteiger partial charge in [0.1, 0.15) is 31.0 Å². The molecule has 1 saturated heterocycles. The second-order valence-corrected chi connectivity index (χ2v) is 16.2. The Morgan fingerprint density at radius 1 is 0.526 bits per heavy atom. The summed E-state index contributed by atoms with van der Waals surface area (Å²) in [5.41, 5.74) is 0. The number of carbonyl (C=O) groups is 2. The average molecular weight is 811 g/mol. The van der Waals surface area contributed by atoms with Crippen LogP contribution in [0.5, 0.6) is 0 Å². The number of carbonyl (C=O) groups excluding carboxylic acids is 2. The van der Waals surface area contributed by atoms with E-state index in [2.05, 4.69) is 38.2 Å². The second kappa shape index (κ2) is 38.4. The fourth-order valence-corrected chi connectivity index (χ4v) is 7.06. The summed E-state index contributed by atoms with van der Waals surface area (Å²) in [5.74, 6) is -0.816. The van der Waals surface area contributed by atoms with Gasteiger partial charge in [0, 0.05) is 12.8 Å². The SMILES string of the molecule is CCCCCCCC/C=C/CCCCCCCCCC(=O)OC[C@@H](CO[C@H]1O[C@@H](CO)[C@@H](O)C(O)C1O)OC(=O)CCCCCCC/C=C/CCCCCCCC. The first-order valence-electron chi connectivity index (χ1n) is 23.4. The smallest absolute Gasteiger partial charge is 0.306 e. The molecule has 10 nitrogen and oxygen atoms in total. The summed E-state index contributed by atoms with van der Waals surface area (Å²) < 4.78 is 22.2. The number of allylic oxidation sites excluding steroid dienone is 4.